The van der Waals surface area contributed by atoms with Gasteiger partial charge in [0, 0.05) is 29.6 Å². The fraction of sp³-hybridized carbons (Fsp3) is 0.458. The molecule has 33 heavy (non-hydrogen) atoms. The van der Waals surface area contributed by atoms with E-state index < -0.39 is 23.1 Å². The van der Waals surface area contributed by atoms with Gasteiger partial charge in [-0.05, 0) is 49.9 Å². The minimum atomic E-state index is -4.39. The lowest BCUT2D eigenvalue weighted by atomic mass is 9.85. The van der Waals surface area contributed by atoms with E-state index in [1.54, 1.807) is 18.5 Å². The quantitative estimate of drug-likeness (QED) is 0.571. The number of aliphatic carboxylic acids is 1. The van der Waals surface area contributed by atoms with Crippen molar-refractivity contribution in [1.82, 2.24) is 15.1 Å². The van der Waals surface area contributed by atoms with Crippen LogP contribution in [-0.2, 0) is 15.8 Å². The lowest BCUT2D eigenvalue weighted by Crippen LogP contribution is -2.36. The Bertz CT molecular complexity index is 1070. The number of nitrogens with zero attached hydrogens (tertiary/aromatic N) is 2. The molecule has 178 valence electrons. The van der Waals surface area contributed by atoms with E-state index in [1.165, 1.54) is 12.1 Å². The molecule has 0 fully saturated rings. The second-order valence-electron chi connectivity index (χ2n) is 9.35. The van der Waals surface area contributed by atoms with Gasteiger partial charge in [0.15, 0.2) is 0 Å². The molecule has 3 rings (SSSR count). The molecular formula is C24H28F3N3O3. The zero-order valence-corrected chi connectivity index (χ0v) is 19.0. The van der Waals surface area contributed by atoms with Gasteiger partial charge in [0.1, 0.15) is 0 Å². The van der Waals surface area contributed by atoms with E-state index in [0.29, 0.717) is 12.1 Å². The fourth-order valence-corrected chi connectivity index (χ4v) is 4.42. The minimum absolute atomic E-state index is 0.00512. The predicted octanol–water partition coefficient (Wildman–Crippen LogP) is 4.93. The first kappa shape index (κ1) is 24.5. The maximum Gasteiger partial charge on any atom is 0.416 e. The Kier molecular flexibility index (Phi) is 6.72. The van der Waals surface area contributed by atoms with Gasteiger partial charge in [-0.25, -0.2) is 4.68 Å². The van der Waals surface area contributed by atoms with E-state index in [1.807, 2.05) is 26.0 Å². The number of carbonyl (C=O) groups excluding carboxylic acids is 1. The molecule has 0 spiro atoms. The van der Waals surface area contributed by atoms with Crippen molar-refractivity contribution in [1.29, 1.82) is 0 Å². The summed E-state index contributed by atoms with van der Waals surface area (Å²) in [6.07, 6.45) is 0.174. The number of halogens is 3. The zero-order chi connectivity index (χ0) is 24.6. The maximum atomic E-state index is 12.9. The summed E-state index contributed by atoms with van der Waals surface area (Å²) >= 11 is 0. The molecule has 0 saturated carbocycles. The molecule has 2 atom stereocenters. The molecule has 2 aromatic rings. The molecule has 1 aliphatic carbocycles. The number of amides is 1. The van der Waals surface area contributed by atoms with Crippen LogP contribution in [0.2, 0.25) is 0 Å². The molecule has 0 unspecified atom stereocenters. The van der Waals surface area contributed by atoms with E-state index in [2.05, 4.69) is 10.4 Å². The fourth-order valence-electron chi connectivity index (χ4n) is 4.42. The highest BCUT2D eigenvalue weighted by Gasteiger charge is 2.31. The molecule has 0 aliphatic heterocycles. The van der Waals surface area contributed by atoms with Gasteiger partial charge in [-0.2, -0.15) is 18.3 Å². The molecule has 9 heteroatoms. The molecular weight excluding hydrogens is 435 g/mol. The standard InChI is InChI=1S/C24H28F3N3O3/c1-14-22(15(2)30(29-14)19-9-6-17(7-10-19)24(25,26)27)16-5-8-18(11-16)28-20(31)12-23(3,4)13-21(32)33/h5-10,16,18H,11-13H2,1-4H3,(H,28,31)(H,32,33)/t16-,18-/m1/s1. The van der Waals surface area contributed by atoms with Crippen molar-refractivity contribution in [2.24, 2.45) is 5.41 Å². The van der Waals surface area contributed by atoms with E-state index in [0.717, 1.165) is 29.1 Å². The molecule has 1 aromatic carbocycles. The van der Waals surface area contributed by atoms with Crippen LogP contribution in [0.4, 0.5) is 13.2 Å². The molecule has 2 N–H and O–H groups in total. The third-order valence-electron chi connectivity index (χ3n) is 5.86. The van der Waals surface area contributed by atoms with Gasteiger partial charge in [-0.1, -0.05) is 26.0 Å². The van der Waals surface area contributed by atoms with Crippen LogP contribution in [0.3, 0.4) is 0 Å². The van der Waals surface area contributed by atoms with E-state index in [-0.39, 0.29) is 30.7 Å². The largest absolute Gasteiger partial charge is 0.481 e. The second-order valence-corrected chi connectivity index (χ2v) is 9.35. The van der Waals surface area contributed by atoms with Crippen molar-refractivity contribution in [2.45, 2.75) is 65.1 Å². The summed E-state index contributed by atoms with van der Waals surface area (Å²) in [6.45, 7) is 7.23. The van der Waals surface area contributed by atoms with Crippen molar-refractivity contribution < 1.29 is 27.9 Å². The Balaban J connectivity index is 1.69. The summed E-state index contributed by atoms with van der Waals surface area (Å²) in [4.78, 5) is 23.4. The minimum Gasteiger partial charge on any atom is -0.481 e. The van der Waals surface area contributed by atoms with Crippen molar-refractivity contribution >= 4 is 11.9 Å². The first-order valence-electron chi connectivity index (χ1n) is 10.7. The number of allylic oxidation sites excluding steroid dienone is 1. The number of aromatic nitrogens is 2. The number of hydrogen-bond donors (Lipinski definition) is 2. The van der Waals surface area contributed by atoms with Crippen LogP contribution < -0.4 is 5.32 Å². The molecule has 1 amide bonds. The number of carbonyl (C=O) groups is 2. The Morgan fingerprint density at radius 1 is 1.12 bits per heavy atom. The summed E-state index contributed by atoms with van der Waals surface area (Å²) in [6, 6.07) is 4.70. The molecule has 0 radical (unpaired) electrons. The molecule has 1 heterocycles. The average Bonchev–Trinajstić information content (AvgIpc) is 3.22. The Hall–Kier alpha value is -3.10. The van der Waals surface area contributed by atoms with Crippen LogP contribution in [0, 0.1) is 19.3 Å². The number of benzene rings is 1. The monoisotopic (exact) mass is 463 g/mol. The molecule has 6 nitrogen and oxygen atoms in total. The van der Waals surface area contributed by atoms with Crippen molar-refractivity contribution in [2.75, 3.05) is 0 Å². The lowest BCUT2D eigenvalue weighted by molar-refractivity contribution is -0.140. The van der Waals surface area contributed by atoms with Gasteiger partial charge in [0.25, 0.3) is 0 Å². The average molecular weight is 464 g/mol. The second kappa shape index (κ2) is 9.03. The summed E-state index contributed by atoms with van der Waals surface area (Å²) in [5.41, 5.74) is 1.77. The number of carboxylic acid groups (broad SMARTS) is 1. The highest BCUT2D eigenvalue weighted by Crippen LogP contribution is 2.35. The number of hydrogen-bond acceptors (Lipinski definition) is 3. The van der Waals surface area contributed by atoms with Crippen molar-refractivity contribution in [3.63, 3.8) is 0 Å². The number of carboxylic acids is 1. The van der Waals surface area contributed by atoms with Gasteiger partial charge >= 0.3 is 12.1 Å². The van der Waals surface area contributed by atoms with Crippen LogP contribution in [-0.4, -0.2) is 32.8 Å². The summed E-state index contributed by atoms with van der Waals surface area (Å²) in [5, 5.41) is 16.5. The van der Waals surface area contributed by atoms with Crippen molar-refractivity contribution in [3.8, 4) is 5.69 Å². The van der Waals surface area contributed by atoms with Gasteiger partial charge in [0.05, 0.1) is 23.4 Å². The zero-order valence-electron chi connectivity index (χ0n) is 19.0. The normalized spacial score (nSPS) is 18.5. The summed E-state index contributed by atoms with van der Waals surface area (Å²) < 4.78 is 40.2. The predicted molar refractivity (Wildman–Crippen MR) is 117 cm³/mol. The third kappa shape index (κ3) is 5.83. The summed E-state index contributed by atoms with van der Waals surface area (Å²) in [5.74, 6) is -1.14. The van der Waals surface area contributed by atoms with Gasteiger partial charge < -0.3 is 10.4 Å². The third-order valence-corrected chi connectivity index (χ3v) is 5.86. The number of rotatable bonds is 7. The topological polar surface area (TPSA) is 84.2 Å². The number of aryl methyl sites for hydroxylation is 1. The van der Waals surface area contributed by atoms with Crippen LogP contribution in [0.25, 0.3) is 5.69 Å². The number of nitrogens with one attached hydrogen (secondary N) is 1. The van der Waals surface area contributed by atoms with Crippen LogP contribution in [0.5, 0.6) is 0 Å². The van der Waals surface area contributed by atoms with Gasteiger partial charge in [-0.3, -0.25) is 9.59 Å². The molecule has 0 bridgehead atoms. The maximum absolute atomic E-state index is 12.9. The molecule has 0 saturated heterocycles. The van der Waals surface area contributed by atoms with Crippen LogP contribution >= 0.6 is 0 Å². The lowest BCUT2D eigenvalue weighted by Gasteiger charge is -2.23. The van der Waals surface area contributed by atoms with E-state index >= 15 is 0 Å². The first-order valence-corrected chi connectivity index (χ1v) is 10.7. The highest BCUT2D eigenvalue weighted by atomic mass is 19.4. The van der Waals surface area contributed by atoms with Crippen LogP contribution in [0.15, 0.2) is 36.4 Å². The van der Waals surface area contributed by atoms with Crippen LogP contribution in [0.1, 0.15) is 61.5 Å². The van der Waals surface area contributed by atoms with Gasteiger partial charge in [-0.15, -0.1) is 0 Å². The Morgan fingerprint density at radius 2 is 1.76 bits per heavy atom. The van der Waals surface area contributed by atoms with Crippen molar-refractivity contribution in [3.05, 3.63) is 58.9 Å². The smallest absolute Gasteiger partial charge is 0.416 e. The SMILES string of the molecule is Cc1nn(-c2ccc(C(F)(F)F)cc2)c(C)c1[C@@H]1C=C[C@@H](NC(=O)CC(C)(C)CC(=O)O)C1. The van der Waals surface area contributed by atoms with E-state index in [4.69, 9.17) is 5.11 Å². The molecule has 1 aromatic heterocycles. The Labute approximate surface area is 190 Å². The summed E-state index contributed by atoms with van der Waals surface area (Å²) in [7, 11) is 0. The van der Waals surface area contributed by atoms with Gasteiger partial charge in [0.2, 0.25) is 5.91 Å². The molecule has 1 aliphatic rings. The highest BCUT2D eigenvalue weighted by molar-refractivity contribution is 5.78. The number of alkyl halides is 3. The van der Waals surface area contributed by atoms with E-state index in [9.17, 15) is 22.8 Å². The first-order chi connectivity index (χ1) is 15.3. The Morgan fingerprint density at radius 3 is 2.33 bits per heavy atom.